The topological polar surface area (TPSA) is 74.7 Å². The zero-order chi connectivity index (χ0) is 14.7. The maximum absolute atomic E-state index is 12.4. The molecule has 3 unspecified atom stereocenters. The van der Waals surface area contributed by atoms with Crippen LogP contribution in [-0.4, -0.2) is 33.8 Å². The first-order valence-electron chi connectivity index (χ1n) is 7.47. The lowest BCUT2D eigenvalue weighted by Crippen LogP contribution is -2.52. The highest BCUT2D eigenvalue weighted by Crippen LogP contribution is 2.63. The highest BCUT2D eigenvalue weighted by atomic mass is 16.4. The van der Waals surface area contributed by atoms with Crippen LogP contribution in [0.4, 0.5) is 0 Å². The Morgan fingerprint density at radius 3 is 2.10 bits per heavy atom. The van der Waals surface area contributed by atoms with Gasteiger partial charge in [-0.3, -0.25) is 14.5 Å². The third-order valence-corrected chi connectivity index (χ3v) is 5.46. The minimum atomic E-state index is -1.03. The van der Waals surface area contributed by atoms with Crippen LogP contribution in [0.3, 0.4) is 0 Å². The van der Waals surface area contributed by atoms with Crippen LogP contribution in [0.1, 0.15) is 46.0 Å². The minimum Gasteiger partial charge on any atom is -0.480 e. The van der Waals surface area contributed by atoms with E-state index in [0.717, 1.165) is 37.0 Å². The Morgan fingerprint density at radius 2 is 1.65 bits per heavy atom. The van der Waals surface area contributed by atoms with Gasteiger partial charge in [0.05, 0.1) is 11.8 Å². The van der Waals surface area contributed by atoms with E-state index in [1.165, 1.54) is 0 Å². The summed E-state index contributed by atoms with van der Waals surface area (Å²) in [6.07, 6.45) is 4.69. The third kappa shape index (κ3) is 1.71. The third-order valence-electron chi connectivity index (χ3n) is 5.46. The van der Waals surface area contributed by atoms with Crippen molar-refractivity contribution in [3.63, 3.8) is 0 Å². The molecule has 0 aromatic carbocycles. The average Bonchev–Trinajstić information content (AvgIpc) is 2.86. The molecule has 3 aliphatic rings. The van der Waals surface area contributed by atoms with Gasteiger partial charge in [0.25, 0.3) is 0 Å². The van der Waals surface area contributed by atoms with Crippen molar-refractivity contribution in [3.05, 3.63) is 0 Å². The average molecular weight is 279 g/mol. The number of carbonyl (C=O) groups excluding carboxylic acids is 2. The number of hydrogen-bond donors (Lipinski definition) is 1. The van der Waals surface area contributed by atoms with Crippen LogP contribution in [0.25, 0.3) is 0 Å². The van der Waals surface area contributed by atoms with Crippen molar-refractivity contribution in [2.75, 3.05) is 0 Å². The van der Waals surface area contributed by atoms with Crippen LogP contribution < -0.4 is 0 Å². The number of likely N-dealkylation sites (tertiary alicyclic amines) is 1. The first-order chi connectivity index (χ1) is 9.37. The highest BCUT2D eigenvalue weighted by Gasteiger charge is 2.73. The molecule has 0 aromatic heterocycles. The zero-order valence-electron chi connectivity index (χ0n) is 12.0. The first kappa shape index (κ1) is 13.6. The number of nitrogens with zero attached hydrogens (tertiary/aromatic N) is 1. The van der Waals surface area contributed by atoms with Gasteiger partial charge in [-0.05, 0) is 24.2 Å². The smallest absolute Gasteiger partial charge is 0.327 e. The van der Waals surface area contributed by atoms with Crippen molar-refractivity contribution in [2.24, 2.45) is 23.2 Å². The number of amides is 2. The van der Waals surface area contributed by atoms with Crippen LogP contribution in [0.2, 0.25) is 0 Å². The molecule has 1 N–H and O–H groups in total. The van der Waals surface area contributed by atoms with Gasteiger partial charge in [0, 0.05) is 0 Å². The quantitative estimate of drug-likeness (QED) is 0.797. The molecule has 2 aliphatic carbocycles. The Hall–Kier alpha value is -1.39. The lowest BCUT2D eigenvalue weighted by atomic mass is 9.83. The molecule has 1 aliphatic heterocycles. The van der Waals surface area contributed by atoms with Crippen molar-refractivity contribution >= 4 is 17.8 Å². The Morgan fingerprint density at radius 1 is 1.15 bits per heavy atom. The van der Waals surface area contributed by atoms with Gasteiger partial charge in [0.15, 0.2) is 0 Å². The fraction of sp³-hybridized carbons (Fsp3) is 0.800. The maximum Gasteiger partial charge on any atom is 0.327 e. The Labute approximate surface area is 118 Å². The maximum atomic E-state index is 12.4. The standard InChI is InChI=1S/C15H21NO4/c1-15(2)9-10(15)13(18)16(12(9)17)11(14(19)20)8-6-4-3-5-7-8/h8-11H,3-7H2,1-2H3,(H,19,20). The Balaban J connectivity index is 1.85. The Bertz CT molecular complexity index is 454. The van der Waals surface area contributed by atoms with Gasteiger partial charge in [-0.25, -0.2) is 4.79 Å². The van der Waals surface area contributed by atoms with Gasteiger partial charge in [0.1, 0.15) is 6.04 Å². The van der Waals surface area contributed by atoms with E-state index in [1.807, 2.05) is 13.8 Å². The molecule has 3 atom stereocenters. The van der Waals surface area contributed by atoms with E-state index >= 15 is 0 Å². The number of imide groups is 1. The number of piperidine rings is 1. The molecule has 0 aromatic rings. The molecule has 5 heteroatoms. The lowest BCUT2D eigenvalue weighted by Gasteiger charge is -2.34. The van der Waals surface area contributed by atoms with E-state index in [9.17, 15) is 19.5 Å². The van der Waals surface area contributed by atoms with Crippen LogP contribution in [-0.2, 0) is 14.4 Å². The summed E-state index contributed by atoms with van der Waals surface area (Å²) in [4.78, 5) is 37.5. The molecule has 110 valence electrons. The monoisotopic (exact) mass is 279 g/mol. The van der Waals surface area contributed by atoms with Crippen molar-refractivity contribution in [2.45, 2.75) is 52.0 Å². The molecule has 3 rings (SSSR count). The van der Waals surface area contributed by atoms with Crippen LogP contribution in [0, 0.1) is 23.2 Å². The van der Waals surface area contributed by atoms with Crippen molar-refractivity contribution in [1.29, 1.82) is 0 Å². The second-order valence-corrected chi connectivity index (χ2v) is 7.00. The van der Waals surface area contributed by atoms with Crippen molar-refractivity contribution in [3.8, 4) is 0 Å². The van der Waals surface area contributed by atoms with Gasteiger partial charge in [0.2, 0.25) is 11.8 Å². The predicted molar refractivity (Wildman–Crippen MR) is 70.6 cm³/mol. The summed E-state index contributed by atoms with van der Waals surface area (Å²) in [6, 6.07) is -0.945. The van der Waals surface area contributed by atoms with Gasteiger partial charge in [-0.15, -0.1) is 0 Å². The molecule has 2 amide bonds. The van der Waals surface area contributed by atoms with E-state index in [0.29, 0.717) is 0 Å². The summed E-state index contributed by atoms with van der Waals surface area (Å²) in [5.74, 6) is -2.21. The molecule has 1 saturated heterocycles. The van der Waals surface area contributed by atoms with E-state index < -0.39 is 12.0 Å². The number of rotatable bonds is 3. The molecule has 20 heavy (non-hydrogen) atoms. The summed E-state index contributed by atoms with van der Waals surface area (Å²) in [6.45, 7) is 3.82. The van der Waals surface area contributed by atoms with E-state index in [4.69, 9.17) is 0 Å². The normalized spacial score (nSPS) is 34.0. The van der Waals surface area contributed by atoms with E-state index in [1.54, 1.807) is 0 Å². The molecule has 0 spiro atoms. The lowest BCUT2D eigenvalue weighted by molar-refractivity contribution is -0.160. The predicted octanol–water partition coefficient (Wildman–Crippen LogP) is 1.66. The summed E-state index contributed by atoms with van der Waals surface area (Å²) in [5.41, 5.74) is -0.277. The molecular weight excluding hydrogens is 258 g/mol. The molecule has 0 radical (unpaired) electrons. The van der Waals surface area contributed by atoms with Crippen LogP contribution in [0.5, 0.6) is 0 Å². The molecule has 0 bridgehead atoms. The fourth-order valence-corrected chi connectivity index (χ4v) is 4.21. The van der Waals surface area contributed by atoms with Gasteiger partial charge < -0.3 is 5.11 Å². The second kappa shape index (κ2) is 4.30. The molecule has 1 heterocycles. The summed E-state index contributed by atoms with van der Waals surface area (Å²) in [7, 11) is 0. The van der Waals surface area contributed by atoms with Crippen LogP contribution >= 0.6 is 0 Å². The number of carboxylic acid groups (broad SMARTS) is 1. The van der Waals surface area contributed by atoms with Crippen molar-refractivity contribution < 1.29 is 19.5 Å². The summed E-state index contributed by atoms with van der Waals surface area (Å²) < 4.78 is 0. The summed E-state index contributed by atoms with van der Waals surface area (Å²) >= 11 is 0. The number of hydrogen-bond acceptors (Lipinski definition) is 3. The molecule has 2 saturated carbocycles. The first-order valence-corrected chi connectivity index (χ1v) is 7.47. The molecule has 5 nitrogen and oxygen atoms in total. The van der Waals surface area contributed by atoms with E-state index in [-0.39, 0.29) is 35.0 Å². The van der Waals surface area contributed by atoms with Crippen LogP contribution in [0.15, 0.2) is 0 Å². The summed E-state index contributed by atoms with van der Waals surface area (Å²) in [5, 5.41) is 9.51. The number of fused-ring (bicyclic) bond motifs is 1. The number of carboxylic acids is 1. The number of carbonyl (C=O) groups is 3. The van der Waals surface area contributed by atoms with Gasteiger partial charge in [-0.2, -0.15) is 0 Å². The van der Waals surface area contributed by atoms with Gasteiger partial charge in [-0.1, -0.05) is 33.1 Å². The molecular formula is C15H21NO4. The minimum absolute atomic E-state index is 0.0743. The van der Waals surface area contributed by atoms with Crippen molar-refractivity contribution in [1.82, 2.24) is 4.90 Å². The highest BCUT2D eigenvalue weighted by molar-refractivity contribution is 6.12. The Kier molecular flexibility index (Phi) is 2.92. The largest absolute Gasteiger partial charge is 0.480 e. The van der Waals surface area contributed by atoms with Gasteiger partial charge >= 0.3 is 5.97 Å². The fourth-order valence-electron chi connectivity index (χ4n) is 4.21. The molecule has 3 fully saturated rings. The number of aliphatic carboxylic acids is 1. The zero-order valence-corrected chi connectivity index (χ0v) is 12.0. The van der Waals surface area contributed by atoms with E-state index in [2.05, 4.69) is 0 Å². The SMILES string of the molecule is CC1(C)C2C(=O)N(C(C(=O)O)C3CCCCC3)C(=O)C21. The second-order valence-electron chi connectivity index (χ2n) is 7.00.